The van der Waals surface area contributed by atoms with Crippen molar-refractivity contribution in [3.63, 3.8) is 0 Å². The number of nitrogens with zero attached hydrogens (tertiary/aromatic N) is 2. The van der Waals surface area contributed by atoms with Crippen molar-refractivity contribution in [2.45, 2.75) is 0 Å². The maximum Gasteiger partial charge on any atom is 1.00 e. The zero-order valence-corrected chi connectivity index (χ0v) is 7.70. The standard InChI is InChI=1S/C7H8BN2O3.Li/c11-8(12,13)6-2-1-3-7-9-4-5-10(6)7;/h1-5,11-13H;/q-1;+1. The van der Waals surface area contributed by atoms with E-state index in [-0.39, 0.29) is 24.5 Å². The molecule has 0 saturated carbocycles. The molecule has 3 N–H and O–H groups in total. The van der Waals surface area contributed by atoms with Crippen molar-refractivity contribution in [3.05, 3.63) is 30.6 Å². The van der Waals surface area contributed by atoms with Gasteiger partial charge >= 0.3 is 25.6 Å². The number of aromatic nitrogens is 2. The Morgan fingerprint density at radius 3 is 2.57 bits per heavy atom. The minimum Gasteiger partial charge on any atom is -0.555 e. The molecule has 0 amide bonds. The number of imidazole rings is 1. The van der Waals surface area contributed by atoms with Gasteiger partial charge in [0.25, 0.3) is 0 Å². The van der Waals surface area contributed by atoms with Gasteiger partial charge in [-0.2, -0.15) is 0 Å². The molecule has 2 aromatic rings. The third-order valence-electron chi connectivity index (χ3n) is 1.86. The van der Waals surface area contributed by atoms with Crippen LogP contribution in [0.5, 0.6) is 0 Å². The molecule has 0 atom stereocenters. The Balaban J connectivity index is 0.000000980. The Morgan fingerprint density at radius 1 is 1.21 bits per heavy atom. The smallest absolute Gasteiger partial charge is 0.555 e. The van der Waals surface area contributed by atoms with E-state index in [4.69, 9.17) is 15.1 Å². The zero-order chi connectivity index (χ0) is 9.47. The summed E-state index contributed by atoms with van der Waals surface area (Å²) in [4.78, 5) is 3.93. The molecule has 2 aromatic heterocycles. The van der Waals surface area contributed by atoms with Gasteiger partial charge in [-0.05, 0) is 11.7 Å². The maximum atomic E-state index is 9.03. The van der Waals surface area contributed by atoms with Gasteiger partial charge in [0.1, 0.15) is 5.65 Å². The molecular formula is C7H8BLiN2O3. The minimum absolute atomic E-state index is 0. The Kier molecular flexibility index (Phi) is 3.05. The summed E-state index contributed by atoms with van der Waals surface area (Å²) in [5.41, 5.74) is 0.580. The van der Waals surface area contributed by atoms with Gasteiger partial charge in [0, 0.05) is 12.4 Å². The SMILES string of the molecule is O[B-](O)(O)c1cccc2nccn12.[Li+]. The van der Waals surface area contributed by atoms with Crippen molar-refractivity contribution in [1.29, 1.82) is 0 Å². The second kappa shape index (κ2) is 3.77. The summed E-state index contributed by atoms with van der Waals surface area (Å²) in [6.45, 7) is -3.47. The van der Waals surface area contributed by atoms with Gasteiger partial charge in [-0.3, -0.25) is 0 Å². The summed E-state index contributed by atoms with van der Waals surface area (Å²) < 4.78 is 1.42. The van der Waals surface area contributed by atoms with Gasteiger partial charge < -0.3 is 19.5 Å². The van der Waals surface area contributed by atoms with Crippen molar-refractivity contribution < 1.29 is 33.9 Å². The fraction of sp³-hybridized carbons (Fsp3) is 0. The Hall–Kier alpha value is -0.768. The van der Waals surface area contributed by atoms with Gasteiger partial charge in [0.15, 0.2) is 0 Å². The molecule has 0 aliphatic heterocycles. The van der Waals surface area contributed by atoms with Crippen LogP contribution in [0.25, 0.3) is 5.65 Å². The summed E-state index contributed by atoms with van der Waals surface area (Å²) in [5, 5.41) is 27.1. The third kappa shape index (κ3) is 1.85. The molecule has 0 saturated heterocycles. The predicted molar refractivity (Wildman–Crippen MR) is 47.2 cm³/mol. The van der Waals surface area contributed by atoms with Crippen LogP contribution >= 0.6 is 0 Å². The Bertz CT molecular complexity index is 440. The molecule has 0 radical (unpaired) electrons. The van der Waals surface area contributed by atoms with Crippen LogP contribution < -0.4 is 24.5 Å². The number of rotatable bonds is 1. The molecule has 0 fully saturated rings. The topological polar surface area (TPSA) is 78.0 Å². The normalized spacial score (nSPS) is 11.4. The first-order valence-corrected chi connectivity index (χ1v) is 3.83. The van der Waals surface area contributed by atoms with E-state index < -0.39 is 6.75 Å². The van der Waals surface area contributed by atoms with Crippen LogP contribution in [0, 0.1) is 0 Å². The van der Waals surface area contributed by atoms with Crippen molar-refractivity contribution in [1.82, 2.24) is 9.38 Å². The first-order chi connectivity index (χ1) is 6.09. The second-order valence-corrected chi connectivity index (χ2v) is 2.84. The van der Waals surface area contributed by atoms with E-state index in [9.17, 15) is 0 Å². The fourth-order valence-corrected chi connectivity index (χ4v) is 1.29. The van der Waals surface area contributed by atoms with Crippen molar-refractivity contribution in [3.8, 4) is 0 Å². The molecule has 0 spiro atoms. The van der Waals surface area contributed by atoms with Crippen LogP contribution in [0.3, 0.4) is 0 Å². The van der Waals surface area contributed by atoms with E-state index in [1.807, 2.05) is 0 Å². The van der Waals surface area contributed by atoms with E-state index in [1.165, 1.54) is 16.7 Å². The number of hydrogen-bond donors (Lipinski definition) is 3. The van der Waals surface area contributed by atoms with Crippen LogP contribution in [-0.2, 0) is 0 Å². The van der Waals surface area contributed by atoms with Gasteiger partial charge in [-0.1, -0.05) is 12.1 Å². The average molecular weight is 186 g/mol. The van der Waals surface area contributed by atoms with Crippen LogP contribution in [0.4, 0.5) is 0 Å². The van der Waals surface area contributed by atoms with E-state index in [2.05, 4.69) is 4.98 Å². The van der Waals surface area contributed by atoms with E-state index in [0.29, 0.717) is 5.65 Å². The molecule has 2 heterocycles. The molecule has 7 heteroatoms. The average Bonchev–Trinajstić information content (AvgIpc) is 2.48. The molecule has 5 nitrogen and oxygen atoms in total. The van der Waals surface area contributed by atoms with Crippen LogP contribution in [-0.4, -0.2) is 31.2 Å². The third-order valence-corrected chi connectivity index (χ3v) is 1.86. The van der Waals surface area contributed by atoms with Crippen LogP contribution in [0.2, 0.25) is 0 Å². The van der Waals surface area contributed by atoms with Crippen LogP contribution in [0.15, 0.2) is 30.6 Å². The quantitative estimate of drug-likeness (QED) is 0.392. The predicted octanol–water partition coefficient (Wildman–Crippen LogP) is -4.54. The summed E-state index contributed by atoms with van der Waals surface area (Å²) in [6.07, 6.45) is 3.06. The van der Waals surface area contributed by atoms with Crippen molar-refractivity contribution in [2.75, 3.05) is 0 Å². The number of fused-ring (bicyclic) bond motifs is 1. The summed E-state index contributed by atoms with van der Waals surface area (Å²) >= 11 is 0. The van der Waals surface area contributed by atoms with Crippen molar-refractivity contribution in [2.24, 2.45) is 0 Å². The minimum atomic E-state index is -3.47. The molecule has 0 aromatic carbocycles. The molecule has 0 unspecified atom stereocenters. The van der Waals surface area contributed by atoms with Gasteiger partial charge in [-0.15, -0.1) is 0 Å². The monoisotopic (exact) mass is 186 g/mol. The summed E-state index contributed by atoms with van der Waals surface area (Å²) in [7, 11) is 0. The summed E-state index contributed by atoms with van der Waals surface area (Å²) in [5.74, 6) is 0. The Morgan fingerprint density at radius 2 is 1.93 bits per heavy atom. The number of hydrogen-bond acceptors (Lipinski definition) is 4. The maximum absolute atomic E-state index is 9.03. The molecule has 2 rings (SSSR count). The molecule has 0 aliphatic carbocycles. The zero-order valence-electron chi connectivity index (χ0n) is 7.70. The van der Waals surface area contributed by atoms with Gasteiger partial charge in [-0.25, -0.2) is 4.98 Å². The van der Waals surface area contributed by atoms with Crippen LogP contribution in [0.1, 0.15) is 0 Å². The van der Waals surface area contributed by atoms with Crippen molar-refractivity contribution >= 4 is 18.0 Å². The van der Waals surface area contributed by atoms with E-state index >= 15 is 0 Å². The molecule has 0 aliphatic rings. The summed E-state index contributed by atoms with van der Waals surface area (Å²) in [6, 6.07) is 4.72. The number of pyridine rings is 1. The molecular weight excluding hydrogens is 178 g/mol. The van der Waals surface area contributed by atoms with Gasteiger partial charge in [0.05, 0.1) is 0 Å². The first kappa shape index (κ1) is 11.3. The van der Waals surface area contributed by atoms with E-state index in [0.717, 1.165) is 0 Å². The first-order valence-electron chi connectivity index (χ1n) is 3.83. The molecule has 14 heavy (non-hydrogen) atoms. The second-order valence-electron chi connectivity index (χ2n) is 2.84. The van der Waals surface area contributed by atoms with E-state index in [1.54, 1.807) is 18.3 Å². The van der Waals surface area contributed by atoms with Gasteiger partial charge in [0.2, 0.25) is 0 Å². The fourth-order valence-electron chi connectivity index (χ4n) is 1.29. The Labute approximate surface area is 92.2 Å². The molecule has 0 bridgehead atoms. The molecule has 68 valence electrons. The largest absolute Gasteiger partial charge is 1.00 e.